The van der Waals surface area contributed by atoms with Gasteiger partial charge in [0.15, 0.2) is 11.5 Å². The Kier molecular flexibility index (Phi) is 6.05. The molecule has 0 aliphatic rings. The predicted octanol–water partition coefficient (Wildman–Crippen LogP) is 4.98. The number of pyridine rings is 1. The lowest BCUT2D eigenvalue weighted by Gasteiger charge is -2.15. The maximum absolute atomic E-state index is 9.64. The minimum absolute atomic E-state index is 0.351. The lowest BCUT2D eigenvalue weighted by molar-refractivity contribution is 0.324. The first-order valence-corrected chi connectivity index (χ1v) is 9.09. The molecular formula is C22H20N2O4S. The van der Waals surface area contributed by atoms with Gasteiger partial charge in [-0.3, -0.25) is 0 Å². The van der Waals surface area contributed by atoms with Crippen molar-refractivity contribution in [3.63, 3.8) is 0 Å². The average Bonchev–Trinajstić information content (AvgIpc) is 2.77. The summed E-state index contributed by atoms with van der Waals surface area (Å²) in [4.78, 5) is 3.13. The zero-order valence-corrected chi connectivity index (χ0v) is 17.3. The Morgan fingerprint density at radius 1 is 0.828 bits per heavy atom. The number of H-pyrrole nitrogens is 1. The van der Waals surface area contributed by atoms with E-state index < -0.39 is 0 Å². The fraction of sp³-hybridized carbons (Fsp3) is 0.182. The summed E-state index contributed by atoms with van der Waals surface area (Å²) >= 11 is 5.46. The molecule has 0 saturated carbocycles. The lowest BCUT2D eigenvalue weighted by Crippen LogP contribution is -1.97. The number of nitrogens with one attached hydrogen (secondary N) is 1. The van der Waals surface area contributed by atoms with Gasteiger partial charge in [-0.2, -0.15) is 5.26 Å². The summed E-state index contributed by atoms with van der Waals surface area (Å²) in [5.74, 6) is 2.28. The van der Waals surface area contributed by atoms with E-state index in [2.05, 4.69) is 11.1 Å². The first-order chi connectivity index (χ1) is 14.1. The van der Waals surface area contributed by atoms with E-state index in [1.165, 1.54) is 0 Å². The topological polar surface area (TPSA) is 76.5 Å². The Bertz CT molecular complexity index is 1110. The third-order valence-electron chi connectivity index (χ3n) is 4.52. The molecule has 3 rings (SSSR count). The van der Waals surface area contributed by atoms with Crippen LogP contribution in [0.25, 0.3) is 22.4 Å². The van der Waals surface area contributed by atoms with Crippen LogP contribution in [0.3, 0.4) is 0 Å². The number of nitrogens with zero attached hydrogens (tertiary/aromatic N) is 1. The van der Waals surface area contributed by atoms with E-state index in [1.807, 2.05) is 42.5 Å². The zero-order chi connectivity index (χ0) is 21.0. The molecule has 0 unspecified atom stereocenters. The van der Waals surface area contributed by atoms with Gasteiger partial charge in [-0.15, -0.1) is 0 Å². The van der Waals surface area contributed by atoms with E-state index in [-0.39, 0.29) is 0 Å². The van der Waals surface area contributed by atoms with Gasteiger partial charge in [-0.1, -0.05) is 24.4 Å². The van der Waals surface area contributed by atoms with E-state index in [0.29, 0.717) is 27.5 Å². The number of ether oxygens (including phenoxy) is 4. The van der Waals surface area contributed by atoms with E-state index in [0.717, 1.165) is 28.1 Å². The Balaban J connectivity index is 2.23. The number of hydrogen-bond donors (Lipinski definition) is 1. The van der Waals surface area contributed by atoms with Crippen LogP contribution in [0.15, 0.2) is 42.5 Å². The maximum Gasteiger partial charge on any atom is 0.203 e. The average molecular weight is 408 g/mol. The number of methoxy groups -OCH3 is 4. The van der Waals surface area contributed by atoms with Crippen molar-refractivity contribution in [2.75, 3.05) is 28.4 Å². The molecule has 3 aromatic rings. The van der Waals surface area contributed by atoms with Gasteiger partial charge in [-0.25, -0.2) is 0 Å². The summed E-state index contributed by atoms with van der Waals surface area (Å²) < 4.78 is 21.9. The van der Waals surface area contributed by atoms with Crippen LogP contribution in [-0.4, -0.2) is 33.4 Å². The van der Waals surface area contributed by atoms with Crippen molar-refractivity contribution in [2.45, 2.75) is 0 Å². The molecule has 0 saturated heterocycles. The van der Waals surface area contributed by atoms with E-state index in [1.54, 1.807) is 28.4 Å². The first-order valence-electron chi connectivity index (χ1n) is 8.68. The van der Waals surface area contributed by atoms with Crippen LogP contribution in [0.5, 0.6) is 23.0 Å². The summed E-state index contributed by atoms with van der Waals surface area (Å²) in [6, 6.07) is 15.2. The molecule has 0 bridgehead atoms. The molecule has 0 radical (unpaired) electrons. The minimum atomic E-state index is 0.351. The molecular weight excluding hydrogens is 388 g/mol. The highest BCUT2D eigenvalue weighted by Crippen LogP contribution is 2.41. The van der Waals surface area contributed by atoms with Crippen LogP contribution in [0.4, 0.5) is 0 Å². The van der Waals surface area contributed by atoms with E-state index in [4.69, 9.17) is 31.2 Å². The van der Waals surface area contributed by atoms with Crippen molar-refractivity contribution in [2.24, 2.45) is 0 Å². The molecule has 0 amide bonds. The van der Waals surface area contributed by atoms with Crippen molar-refractivity contribution in [3.05, 3.63) is 52.7 Å². The fourth-order valence-corrected chi connectivity index (χ4v) is 3.33. The second kappa shape index (κ2) is 8.67. The summed E-state index contributed by atoms with van der Waals surface area (Å²) in [5.41, 5.74) is 3.49. The van der Waals surface area contributed by atoms with Crippen molar-refractivity contribution < 1.29 is 18.9 Å². The second-order valence-electron chi connectivity index (χ2n) is 6.06. The van der Waals surface area contributed by atoms with E-state index in [9.17, 15) is 5.26 Å². The van der Waals surface area contributed by atoms with Gasteiger partial charge in [0.05, 0.1) is 34.0 Å². The Morgan fingerprint density at radius 2 is 1.45 bits per heavy atom. The molecule has 6 nitrogen and oxygen atoms in total. The number of rotatable bonds is 6. The van der Waals surface area contributed by atoms with Gasteiger partial charge in [-0.05, 0) is 35.9 Å². The van der Waals surface area contributed by atoms with Crippen LogP contribution in [-0.2, 0) is 0 Å². The molecule has 7 heteroatoms. The number of aromatic amines is 1. The zero-order valence-electron chi connectivity index (χ0n) is 16.5. The second-order valence-corrected chi connectivity index (χ2v) is 6.46. The third-order valence-corrected chi connectivity index (χ3v) is 4.83. The highest BCUT2D eigenvalue weighted by atomic mass is 32.1. The van der Waals surface area contributed by atoms with Gasteiger partial charge >= 0.3 is 0 Å². The number of benzene rings is 2. The molecule has 0 aliphatic heterocycles. The van der Waals surface area contributed by atoms with Crippen LogP contribution in [0.2, 0.25) is 0 Å². The molecule has 0 fully saturated rings. The lowest BCUT2D eigenvalue weighted by atomic mass is 9.99. The highest BCUT2D eigenvalue weighted by molar-refractivity contribution is 7.71. The van der Waals surface area contributed by atoms with Crippen LogP contribution in [0.1, 0.15) is 5.56 Å². The Hall–Kier alpha value is -3.50. The van der Waals surface area contributed by atoms with Crippen molar-refractivity contribution in [3.8, 4) is 51.5 Å². The quantitative estimate of drug-likeness (QED) is 0.580. The molecule has 0 spiro atoms. The molecule has 1 N–H and O–H groups in total. The van der Waals surface area contributed by atoms with Crippen LogP contribution >= 0.6 is 12.2 Å². The van der Waals surface area contributed by atoms with Crippen LogP contribution in [0, 0.1) is 16.0 Å². The molecule has 0 atom stereocenters. The number of hydrogen-bond acceptors (Lipinski definition) is 6. The normalized spacial score (nSPS) is 10.2. The number of nitriles is 1. The Labute approximate surface area is 174 Å². The minimum Gasteiger partial charge on any atom is -0.497 e. The largest absolute Gasteiger partial charge is 0.497 e. The summed E-state index contributed by atoms with van der Waals surface area (Å²) in [7, 11) is 6.28. The van der Waals surface area contributed by atoms with Crippen molar-refractivity contribution in [1.29, 1.82) is 5.26 Å². The standard InChI is InChI=1S/C22H20N2O4S/c1-25-15-7-5-13(6-8-15)16-11-18(24-22(29)17(16)12-23)14-9-19(26-2)21(28-4)20(10-14)27-3/h5-11H,1-4H3,(H,24,29). The summed E-state index contributed by atoms with van der Waals surface area (Å²) in [6.45, 7) is 0. The first kappa shape index (κ1) is 20.2. The highest BCUT2D eigenvalue weighted by Gasteiger charge is 2.16. The molecule has 0 aliphatic carbocycles. The Morgan fingerprint density at radius 3 is 1.93 bits per heavy atom. The van der Waals surface area contributed by atoms with Gasteiger partial charge in [0, 0.05) is 16.8 Å². The maximum atomic E-state index is 9.64. The van der Waals surface area contributed by atoms with Gasteiger partial charge in [0.1, 0.15) is 16.5 Å². The summed E-state index contributed by atoms with van der Waals surface area (Å²) in [5, 5.41) is 9.64. The fourth-order valence-electron chi connectivity index (χ4n) is 3.06. The van der Waals surface area contributed by atoms with Crippen LogP contribution < -0.4 is 18.9 Å². The predicted molar refractivity (Wildman–Crippen MR) is 113 cm³/mol. The molecule has 148 valence electrons. The SMILES string of the molecule is COc1ccc(-c2cc(-c3cc(OC)c(OC)c(OC)c3)[nH]c(=S)c2C#N)cc1. The van der Waals surface area contributed by atoms with Gasteiger partial charge < -0.3 is 23.9 Å². The van der Waals surface area contributed by atoms with Gasteiger partial charge in [0.2, 0.25) is 5.75 Å². The monoisotopic (exact) mass is 408 g/mol. The van der Waals surface area contributed by atoms with E-state index >= 15 is 0 Å². The number of aromatic nitrogens is 1. The third kappa shape index (κ3) is 3.89. The molecule has 29 heavy (non-hydrogen) atoms. The molecule has 2 aromatic carbocycles. The summed E-state index contributed by atoms with van der Waals surface area (Å²) in [6.07, 6.45) is 0. The molecule has 1 aromatic heterocycles. The van der Waals surface area contributed by atoms with Gasteiger partial charge in [0.25, 0.3) is 0 Å². The van der Waals surface area contributed by atoms with Crippen molar-refractivity contribution >= 4 is 12.2 Å². The smallest absolute Gasteiger partial charge is 0.203 e. The van der Waals surface area contributed by atoms with Crippen molar-refractivity contribution in [1.82, 2.24) is 4.98 Å². The molecule has 1 heterocycles.